The molecule has 1 aromatic heterocycles. The van der Waals surface area contributed by atoms with E-state index in [4.69, 9.17) is 4.98 Å². The number of aromatic nitrogens is 1. The van der Waals surface area contributed by atoms with Crippen LogP contribution in [0.5, 0.6) is 0 Å². The number of hydrogen-bond donors (Lipinski definition) is 1. The molecule has 1 aromatic rings. The van der Waals surface area contributed by atoms with Crippen molar-refractivity contribution < 1.29 is 0 Å². The number of rotatable bonds is 2. The lowest BCUT2D eigenvalue weighted by atomic mass is 9.80. The molecule has 3 rings (SSSR count). The second-order valence-electron chi connectivity index (χ2n) is 6.71. The van der Waals surface area contributed by atoms with Gasteiger partial charge >= 0.3 is 0 Å². The van der Waals surface area contributed by atoms with Gasteiger partial charge in [0.15, 0.2) is 0 Å². The third-order valence-electron chi connectivity index (χ3n) is 4.69. The van der Waals surface area contributed by atoms with Gasteiger partial charge in [-0.3, -0.25) is 0 Å². The number of anilines is 1. The molecule has 1 heterocycles. The normalized spacial score (nSPS) is 28.8. The first kappa shape index (κ1) is 13.4. The van der Waals surface area contributed by atoms with E-state index in [-0.39, 0.29) is 0 Å². The van der Waals surface area contributed by atoms with Crippen LogP contribution in [-0.4, -0.2) is 11.0 Å². The van der Waals surface area contributed by atoms with Crippen molar-refractivity contribution in [3.8, 4) is 6.07 Å². The second-order valence-corrected chi connectivity index (χ2v) is 6.71. The van der Waals surface area contributed by atoms with E-state index < -0.39 is 0 Å². The first-order chi connectivity index (χ1) is 9.65. The minimum Gasteiger partial charge on any atom is -0.366 e. The fraction of sp³-hybridized carbons (Fsp3) is 0.647. The fourth-order valence-corrected chi connectivity index (χ4v) is 3.93. The smallest absolute Gasteiger partial charge is 0.144 e. The molecule has 0 aliphatic heterocycles. The monoisotopic (exact) mass is 269 g/mol. The molecule has 0 bridgehead atoms. The van der Waals surface area contributed by atoms with Gasteiger partial charge in [0, 0.05) is 11.7 Å². The van der Waals surface area contributed by atoms with Gasteiger partial charge in [-0.25, -0.2) is 4.98 Å². The summed E-state index contributed by atoms with van der Waals surface area (Å²) in [6.45, 7) is 4.65. The highest BCUT2D eigenvalue weighted by atomic mass is 15.0. The van der Waals surface area contributed by atoms with Gasteiger partial charge in [-0.2, -0.15) is 5.26 Å². The standard InChI is InChI=1S/C17H23N3/c1-11-6-12(2)8-15(7-11)19-17-14(10-18)9-13-4-3-5-16(13)20-17/h9,11-12,15H,3-8H2,1-2H3,(H,19,20). The van der Waals surface area contributed by atoms with Gasteiger partial charge in [0.2, 0.25) is 0 Å². The zero-order chi connectivity index (χ0) is 14.1. The molecule has 2 atom stereocenters. The quantitative estimate of drug-likeness (QED) is 0.891. The van der Waals surface area contributed by atoms with Gasteiger partial charge in [-0.05, 0) is 62.0 Å². The van der Waals surface area contributed by atoms with Crippen molar-refractivity contribution in [3.05, 3.63) is 22.9 Å². The number of nitrogens with zero attached hydrogens (tertiary/aromatic N) is 2. The van der Waals surface area contributed by atoms with E-state index in [1.807, 2.05) is 6.07 Å². The number of nitriles is 1. The maximum Gasteiger partial charge on any atom is 0.144 e. The Morgan fingerprint density at radius 1 is 1.20 bits per heavy atom. The Labute approximate surface area is 121 Å². The topological polar surface area (TPSA) is 48.7 Å². The maximum atomic E-state index is 9.35. The Bertz CT molecular complexity index is 534. The summed E-state index contributed by atoms with van der Waals surface area (Å²) in [5, 5.41) is 12.9. The van der Waals surface area contributed by atoms with E-state index in [0.717, 1.165) is 36.1 Å². The molecular weight excluding hydrogens is 246 g/mol. The van der Waals surface area contributed by atoms with E-state index in [0.29, 0.717) is 6.04 Å². The van der Waals surface area contributed by atoms with E-state index in [1.165, 1.54) is 36.9 Å². The largest absolute Gasteiger partial charge is 0.366 e. The zero-order valence-corrected chi connectivity index (χ0v) is 12.4. The van der Waals surface area contributed by atoms with Gasteiger partial charge in [0.05, 0.1) is 5.56 Å². The van der Waals surface area contributed by atoms with Crippen molar-refractivity contribution in [2.75, 3.05) is 5.32 Å². The van der Waals surface area contributed by atoms with Crippen LogP contribution in [0.4, 0.5) is 5.82 Å². The van der Waals surface area contributed by atoms with Crippen molar-refractivity contribution >= 4 is 5.82 Å². The highest BCUT2D eigenvalue weighted by Crippen LogP contribution is 2.32. The Kier molecular flexibility index (Phi) is 3.65. The van der Waals surface area contributed by atoms with Crippen molar-refractivity contribution in [2.45, 2.75) is 58.4 Å². The molecule has 0 amide bonds. The van der Waals surface area contributed by atoms with Gasteiger partial charge in [-0.1, -0.05) is 13.8 Å². The summed E-state index contributed by atoms with van der Waals surface area (Å²) in [5.74, 6) is 2.34. The fourth-order valence-electron chi connectivity index (χ4n) is 3.93. The van der Waals surface area contributed by atoms with Crippen LogP contribution in [0.2, 0.25) is 0 Å². The van der Waals surface area contributed by atoms with E-state index >= 15 is 0 Å². The lowest BCUT2D eigenvalue weighted by Gasteiger charge is -2.32. The molecule has 3 heteroatoms. The molecule has 1 N–H and O–H groups in total. The molecule has 1 fully saturated rings. The molecule has 2 aliphatic rings. The average Bonchev–Trinajstić information content (AvgIpc) is 2.83. The van der Waals surface area contributed by atoms with Crippen LogP contribution in [0.25, 0.3) is 0 Å². The van der Waals surface area contributed by atoms with Crippen molar-refractivity contribution in [2.24, 2.45) is 11.8 Å². The lowest BCUT2D eigenvalue weighted by Crippen LogP contribution is -2.31. The summed E-state index contributed by atoms with van der Waals surface area (Å²) < 4.78 is 0. The van der Waals surface area contributed by atoms with Crippen LogP contribution in [-0.2, 0) is 12.8 Å². The Balaban J connectivity index is 1.82. The van der Waals surface area contributed by atoms with Gasteiger partial charge in [0.25, 0.3) is 0 Å². The van der Waals surface area contributed by atoms with E-state index in [2.05, 4.69) is 25.2 Å². The Hall–Kier alpha value is -1.56. The maximum absolute atomic E-state index is 9.35. The zero-order valence-electron chi connectivity index (χ0n) is 12.4. The number of fused-ring (bicyclic) bond motifs is 1. The molecule has 2 unspecified atom stereocenters. The molecule has 1 saturated carbocycles. The molecule has 0 spiro atoms. The van der Waals surface area contributed by atoms with Crippen LogP contribution in [0.3, 0.4) is 0 Å². The predicted molar refractivity (Wildman–Crippen MR) is 80.6 cm³/mol. The Morgan fingerprint density at radius 3 is 2.65 bits per heavy atom. The highest BCUT2D eigenvalue weighted by Gasteiger charge is 2.25. The van der Waals surface area contributed by atoms with Gasteiger partial charge in [-0.15, -0.1) is 0 Å². The van der Waals surface area contributed by atoms with Crippen LogP contribution >= 0.6 is 0 Å². The Morgan fingerprint density at radius 2 is 1.95 bits per heavy atom. The van der Waals surface area contributed by atoms with Crippen molar-refractivity contribution in [1.82, 2.24) is 4.98 Å². The van der Waals surface area contributed by atoms with Gasteiger partial charge < -0.3 is 5.32 Å². The minimum absolute atomic E-state index is 0.466. The first-order valence-electron chi connectivity index (χ1n) is 7.85. The molecule has 106 valence electrons. The molecule has 3 nitrogen and oxygen atoms in total. The van der Waals surface area contributed by atoms with Crippen LogP contribution in [0.1, 0.15) is 56.4 Å². The molecule has 20 heavy (non-hydrogen) atoms. The molecular formula is C17H23N3. The average molecular weight is 269 g/mol. The number of nitrogens with one attached hydrogen (secondary N) is 1. The van der Waals surface area contributed by atoms with Crippen molar-refractivity contribution in [3.63, 3.8) is 0 Å². The lowest BCUT2D eigenvalue weighted by molar-refractivity contribution is 0.280. The predicted octanol–water partition coefficient (Wildman–Crippen LogP) is 3.68. The summed E-state index contributed by atoms with van der Waals surface area (Å²) in [7, 11) is 0. The summed E-state index contributed by atoms with van der Waals surface area (Å²) in [5.41, 5.74) is 3.19. The number of pyridine rings is 1. The molecule has 2 aliphatic carbocycles. The SMILES string of the molecule is CC1CC(C)CC(Nc2nc3c(cc2C#N)CCC3)C1. The third kappa shape index (κ3) is 2.65. The number of aryl methyl sites for hydroxylation is 2. The van der Waals surface area contributed by atoms with Crippen LogP contribution in [0.15, 0.2) is 6.07 Å². The third-order valence-corrected chi connectivity index (χ3v) is 4.69. The summed E-state index contributed by atoms with van der Waals surface area (Å²) in [4.78, 5) is 4.73. The summed E-state index contributed by atoms with van der Waals surface area (Å²) >= 11 is 0. The van der Waals surface area contributed by atoms with Gasteiger partial charge in [0.1, 0.15) is 11.9 Å². The van der Waals surface area contributed by atoms with Crippen molar-refractivity contribution in [1.29, 1.82) is 5.26 Å². The van der Waals surface area contributed by atoms with Crippen LogP contribution in [0, 0.1) is 23.2 Å². The molecule has 0 radical (unpaired) electrons. The molecule has 0 aromatic carbocycles. The number of hydrogen-bond acceptors (Lipinski definition) is 3. The summed E-state index contributed by atoms with van der Waals surface area (Å²) in [6, 6.07) is 4.83. The van der Waals surface area contributed by atoms with Crippen LogP contribution < -0.4 is 5.32 Å². The second kappa shape index (κ2) is 5.44. The highest BCUT2D eigenvalue weighted by molar-refractivity contribution is 5.55. The summed E-state index contributed by atoms with van der Waals surface area (Å²) in [6.07, 6.45) is 7.01. The van der Waals surface area contributed by atoms with E-state index in [1.54, 1.807) is 0 Å². The molecule has 0 saturated heterocycles. The minimum atomic E-state index is 0.466. The first-order valence-corrected chi connectivity index (χ1v) is 7.85. The van der Waals surface area contributed by atoms with E-state index in [9.17, 15) is 5.26 Å².